The fraction of sp³-hybridized carbons (Fsp3) is 0.333. The first-order valence-electron chi connectivity index (χ1n) is 6.07. The van der Waals surface area contributed by atoms with Gasteiger partial charge in [-0.15, -0.1) is 6.42 Å². The van der Waals surface area contributed by atoms with Crippen LogP contribution in [0, 0.1) is 6.08 Å². The van der Waals surface area contributed by atoms with Crippen molar-refractivity contribution in [2.45, 2.75) is 26.2 Å². The van der Waals surface area contributed by atoms with Gasteiger partial charge in [0.1, 0.15) is 0 Å². The van der Waals surface area contributed by atoms with Gasteiger partial charge in [0.25, 0.3) is 0 Å². The monoisotopic (exact) mass is 347 g/mol. The van der Waals surface area contributed by atoms with Crippen molar-refractivity contribution in [1.82, 2.24) is 0 Å². The zero-order valence-electron chi connectivity index (χ0n) is 11.4. The number of ether oxygens (including phenoxy) is 2. The third kappa shape index (κ3) is 6.85. The molecule has 0 aliphatic heterocycles. The fourth-order valence-electron chi connectivity index (χ4n) is 1.55. The number of unbranched alkanes of at least 4 members (excludes halogenated alkanes) is 1. The van der Waals surface area contributed by atoms with Gasteiger partial charge in [-0.2, -0.15) is 12.2 Å². The van der Waals surface area contributed by atoms with E-state index in [1.807, 2.05) is 36.4 Å². The minimum Gasteiger partial charge on any atom is -1.00 e. The summed E-state index contributed by atoms with van der Waals surface area (Å²) in [5.41, 5.74) is 0. The molecule has 0 fully saturated rings. The third-order valence-electron chi connectivity index (χ3n) is 2.49. The van der Waals surface area contributed by atoms with Crippen LogP contribution >= 0.6 is 0 Å². The van der Waals surface area contributed by atoms with E-state index in [9.17, 15) is 0 Å². The number of rotatable bonds is 6. The van der Waals surface area contributed by atoms with Crippen LogP contribution in [0.5, 0.6) is 11.5 Å². The predicted molar refractivity (Wildman–Crippen MR) is 68.0 cm³/mol. The van der Waals surface area contributed by atoms with Crippen molar-refractivity contribution in [2.24, 2.45) is 0 Å². The van der Waals surface area contributed by atoms with Crippen LogP contribution in [0.25, 0.3) is 0 Å². The average molecular weight is 348 g/mol. The SMILES string of the molecule is CCCCOc1ccccc1OC1=[C-]CC=C1.[Cl-].[Cl-].[Ti+3]. The van der Waals surface area contributed by atoms with Gasteiger partial charge in [-0.3, -0.25) is 0 Å². The topological polar surface area (TPSA) is 18.5 Å². The molecule has 0 N–H and O–H groups in total. The van der Waals surface area contributed by atoms with E-state index in [2.05, 4.69) is 13.0 Å². The smallest absolute Gasteiger partial charge is 1.00 e. The minimum absolute atomic E-state index is 0. The number of allylic oxidation sites excluding steroid dienone is 3. The summed E-state index contributed by atoms with van der Waals surface area (Å²) in [6.45, 7) is 2.88. The maximum absolute atomic E-state index is 5.73. The van der Waals surface area contributed by atoms with E-state index in [1.54, 1.807) is 0 Å². The van der Waals surface area contributed by atoms with E-state index >= 15 is 0 Å². The van der Waals surface area contributed by atoms with Crippen LogP contribution in [-0.4, -0.2) is 6.61 Å². The van der Waals surface area contributed by atoms with E-state index in [0.29, 0.717) is 0 Å². The Morgan fingerprint density at radius 3 is 2.45 bits per heavy atom. The maximum atomic E-state index is 5.73. The van der Waals surface area contributed by atoms with E-state index in [4.69, 9.17) is 9.47 Å². The van der Waals surface area contributed by atoms with Crippen molar-refractivity contribution in [1.29, 1.82) is 0 Å². The number of hydrogen-bond acceptors (Lipinski definition) is 2. The molecule has 1 aromatic rings. The number of hydrogen-bond donors (Lipinski definition) is 0. The van der Waals surface area contributed by atoms with Crippen molar-refractivity contribution in [3.05, 3.63) is 48.3 Å². The molecule has 2 nitrogen and oxygen atoms in total. The van der Waals surface area contributed by atoms with Crippen molar-refractivity contribution in [3.63, 3.8) is 0 Å². The fourth-order valence-corrected chi connectivity index (χ4v) is 1.55. The van der Waals surface area contributed by atoms with Gasteiger partial charge < -0.3 is 34.3 Å². The van der Waals surface area contributed by atoms with Crippen molar-refractivity contribution < 1.29 is 56.0 Å². The van der Waals surface area contributed by atoms with Gasteiger partial charge >= 0.3 is 21.7 Å². The quantitative estimate of drug-likeness (QED) is 0.333. The van der Waals surface area contributed by atoms with E-state index in [0.717, 1.165) is 43.1 Å². The summed E-state index contributed by atoms with van der Waals surface area (Å²) in [5.74, 6) is 2.34. The summed E-state index contributed by atoms with van der Waals surface area (Å²) in [6.07, 6.45) is 10.1. The van der Waals surface area contributed by atoms with Gasteiger partial charge in [-0.05, 0) is 24.3 Å². The summed E-state index contributed by atoms with van der Waals surface area (Å²) < 4.78 is 11.4. The van der Waals surface area contributed by atoms with Crippen molar-refractivity contribution in [3.8, 4) is 11.5 Å². The van der Waals surface area contributed by atoms with Crippen molar-refractivity contribution in [2.75, 3.05) is 6.61 Å². The molecule has 0 atom stereocenters. The van der Waals surface area contributed by atoms with Crippen LogP contribution in [0.2, 0.25) is 0 Å². The number of halogens is 2. The average Bonchev–Trinajstić information content (AvgIpc) is 2.84. The second-order valence-corrected chi connectivity index (χ2v) is 3.90. The molecule has 2 rings (SSSR count). The summed E-state index contributed by atoms with van der Waals surface area (Å²) >= 11 is 0. The van der Waals surface area contributed by atoms with Crippen LogP contribution in [-0.2, 0) is 21.7 Å². The Kier molecular flexibility index (Phi) is 13.5. The molecule has 20 heavy (non-hydrogen) atoms. The molecular formula is C15H17Cl2O2Ti. The maximum Gasteiger partial charge on any atom is 3.00 e. The van der Waals surface area contributed by atoms with Crippen molar-refractivity contribution >= 4 is 0 Å². The molecule has 0 amide bonds. The first-order valence-corrected chi connectivity index (χ1v) is 6.07. The minimum atomic E-state index is 0. The van der Waals surface area contributed by atoms with E-state index < -0.39 is 0 Å². The Hall–Kier alpha value is -0.406. The Bertz CT molecular complexity index is 434. The second kappa shape index (κ2) is 12.3. The first kappa shape index (κ1) is 21.9. The molecule has 1 aliphatic carbocycles. The number of benzene rings is 1. The Morgan fingerprint density at radius 2 is 1.85 bits per heavy atom. The standard InChI is InChI=1S/C15H17O2.2ClH.Ti/c1-2-3-12-16-14-10-6-7-11-15(14)17-13-8-4-5-9-13;;;/h4,6-8,10-11H,2-3,5,12H2,1H3;2*1H;/q-1;;;+3/p-2. The molecule has 1 aliphatic rings. The molecule has 1 aromatic carbocycles. The van der Waals surface area contributed by atoms with Crippen LogP contribution in [0.1, 0.15) is 26.2 Å². The van der Waals surface area contributed by atoms with Gasteiger partial charge in [-0.1, -0.05) is 25.5 Å². The second-order valence-electron chi connectivity index (χ2n) is 3.90. The molecule has 0 aromatic heterocycles. The predicted octanol–water partition coefficient (Wildman–Crippen LogP) is -2.10. The summed E-state index contributed by atoms with van der Waals surface area (Å²) in [4.78, 5) is 0. The van der Waals surface area contributed by atoms with Crippen LogP contribution in [0.4, 0.5) is 0 Å². The Morgan fingerprint density at radius 1 is 1.15 bits per heavy atom. The molecule has 1 radical (unpaired) electrons. The van der Waals surface area contributed by atoms with E-state index in [-0.39, 0.29) is 46.5 Å². The Balaban J connectivity index is 0. The molecule has 107 valence electrons. The molecule has 0 saturated heterocycles. The molecule has 0 unspecified atom stereocenters. The van der Waals surface area contributed by atoms with Gasteiger partial charge in [0.05, 0.1) is 6.61 Å². The molecule has 0 bridgehead atoms. The zero-order valence-corrected chi connectivity index (χ0v) is 14.4. The van der Waals surface area contributed by atoms with Crippen LogP contribution < -0.4 is 34.3 Å². The third-order valence-corrected chi connectivity index (χ3v) is 2.49. The summed E-state index contributed by atoms with van der Waals surface area (Å²) in [5, 5.41) is 0. The van der Waals surface area contributed by atoms with Gasteiger partial charge in [-0.25, -0.2) is 6.08 Å². The summed E-state index contributed by atoms with van der Waals surface area (Å²) in [7, 11) is 0. The van der Waals surface area contributed by atoms with Gasteiger partial charge in [0, 0.05) is 0 Å². The van der Waals surface area contributed by atoms with Gasteiger partial charge in [0.15, 0.2) is 11.5 Å². The van der Waals surface area contributed by atoms with E-state index in [1.165, 1.54) is 0 Å². The normalized spacial score (nSPS) is 11.6. The van der Waals surface area contributed by atoms with Crippen LogP contribution in [0.3, 0.4) is 0 Å². The Labute approximate surface area is 148 Å². The molecular weight excluding hydrogens is 331 g/mol. The molecule has 0 spiro atoms. The first-order chi connectivity index (χ1) is 8.40. The largest absolute Gasteiger partial charge is 3.00 e. The summed E-state index contributed by atoms with van der Waals surface area (Å²) in [6, 6.07) is 7.75. The molecule has 0 heterocycles. The molecule has 5 heteroatoms. The number of para-hydroxylation sites is 2. The van der Waals surface area contributed by atoms with Gasteiger partial charge in [0.2, 0.25) is 0 Å². The zero-order chi connectivity index (χ0) is 11.9. The molecule has 0 saturated carbocycles. The van der Waals surface area contributed by atoms with Crippen LogP contribution in [0.15, 0.2) is 42.2 Å².